The van der Waals surface area contributed by atoms with E-state index < -0.39 is 24.0 Å². The largest absolute Gasteiger partial charge is 0.342 e. The fourth-order valence-corrected chi connectivity index (χ4v) is 4.28. The Balaban J connectivity index is 1.80. The van der Waals surface area contributed by atoms with E-state index in [2.05, 4.69) is 22.8 Å². The number of carbonyl (C=O) groups is 3. The molecule has 1 aromatic rings. The first kappa shape index (κ1) is 20.8. The Bertz CT molecular complexity index is 820. The Morgan fingerprint density at radius 3 is 2.41 bits per heavy atom. The summed E-state index contributed by atoms with van der Waals surface area (Å²) in [6.45, 7) is 5.32. The van der Waals surface area contributed by atoms with E-state index in [1.54, 1.807) is 6.92 Å². The van der Waals surface area contributed by atoms with Crippen molar-refractivity contribution in [3.05, 3.63) is 35.4 Å². The highest BCUT2D eigenvalue weighted by molar-refractivity contribution is 5.99. The van der Waals surface area contributed by atoms with Gasteiger partial charge in [-0.1, -0.05) is 38.1 Å². The Morgan fingerprint density at radius 2 is 1.86 bits per heavy atom. The van der Waals surface area contributed by atoms with E-state index in [0.717, 1.165) is 12.8 Å². The molecule has 2 aliphatic rings. The van der Waals surface area contributed by atoms with Crippen molar-refractivity contribution < 1.29 is 14.4 Å². The molecule has 0 aromatic heterocycles. The second-order valence-corrected chi connectivity index (χ2v) is 8.45. The molecule has 1 aliphatic heterocycles. The van der Waals surface area contributed by atoms with E-state index in [-0.39, 0.29) is 30.2 Å². The molecule has 7 heteroatoms. The lowest BCUT2D eigenvalue weighted by atomic mass is 9.90. The molecule has 3 rings (SSSR count). The van der Waals surface area contributed by atoms with E-state index in [4.69, 9.17) is 5.26 Å². The standard InChI is InChI=1S/C22H28N4O3/c1-13(2)8-18-21(28)25-20(17-9-15-6-4-5-7-16(15)10-17)22(29)26(18)12-19(27)24-14(3)11-23/h4-7,13-14,17-18,20H,8-10,12H2,1-3H3,(H,24,27)(H,25,28)/t14?,18-,20-/m1/s1. The summed E-state index contributed by atoms with van der Waals surface area (Å²) in [7, 11) is 0. The summed E-state index contributed by atoms with van der Waals surface area (Å²) >= 11 is 0. The van der Waals surface area contributed by atoms with Gasteiger partial charge in [-0.25, -0.2) is 0 Å². The number of benzene rings is 1. The summed E-state index contributed by atoms with van der Waals surface area (Å²) in [5, 5.41) is 14.4. The normalized spacial score (nSPS) is 22.8. The summed E-state index contributed by atoms with van der Waals surface area (Å²) < 4.78 is 0. The van der Waals surface area contributed by atoms with Crippen molar-refractivity contribution in [2.24, 2.45) is 11.8 Å². The third kappa shape index (κ3) is 4.58. The van der Waals surface area contributed by atoms with Gasteiger partial charge in [0, 0.05) is 0 Å². The Morgan fingerprint density at radius 1 is 1.24 bits per heavy atom. The smallest absolute Gasteiger partial charge is 0.246 e. The molecular formula is C22H28N4O3. The Kier molecular flexibility index (Phi) is 6.21. The van der Waals surface area contributed by atoms with Crippen molar-refractivity contribution in [3.63, 3.8) is 0 Å². The van der Waals surface area contributed by atoms with Crippen LogP contribution in [0, 0.1) is 23.2 Å². The maximum Gasteiger partial charge on any atom is 0.246 e. The molecule has 3 atom stereocenters. The van der Waals surface area contributed by atoms with Gasteiger partial charge in [0.2, 0.25) is 17.7 Å². The summed E-state index contributed by atoms with van der Waals surface area (Å²) in [6.07, 6.45) is 1.94. The zero-order valence-electron chi connectivity index (χ0n) is 17.1. The fourth-order valence-electron chi connectivity index (χ4n) is 4.28. The molecule has 0 saturated carbocycles. The molecule has 1 saturated heterocycles. The van der Waals surface area contributed by atoms with Gasteiger partial charge in [-0.05, 0) is 49.1 Å². The van der Waals surface area contributed by atoms with Gasteiger partial charge in [0.15, 0.2) is 0 Å². The van der Waals surface area contributed by atoms with Crippen LogP contribution in [-0.4, -0.2) is 47.3 Å². The quantitative estimate of drug-likeness (QED) is 0.753. The molecule has 1 heterocycles. The van der Waals surface area contributed by atoms with Crippen LogP contribution < -0.4 is 10.6 Å². The zero-order valence-corrected chi connectivity index (χ0v) is 17.1. The number of nitrogens with zero attached hydrogens (tertiary/aromatic N) is 2. The number of amides is 3. The third-order valence-electron chi connectivity index (χ3n) is 5.66. The van der Waals surface area contributed by atoms with Gasteiger partial charge in [0.1, 0.15) is 24.7 Å². The average molecular weight is 396 g/mol. The van der Waals surface area contributed by atoms with Gasteiger partial charge in [0.05, 0.1) is 6.07 Å². The lowest BCUT2D eigenvalue weighted by molar-refractivity contribution is -0.153. The van der Waals surface area contributed by atoms with Gasteiger partial charge < -0.3 is 15.5 Å². The first-order chi connectivity index (χ1) is 13.8. The number of carbonyl (C=O) groups excluding carboxylic acids is 3. The minimum Gasteiger partial charge on any atom is -0.342 e. The number of hydrogen-bond donors (Lipinski definition) is 2. The lowest BCUT2D eigenvalue weighted by Crippen LogP contribution is -2.66. The number of nitrogens with one attached hydrogen (secondary N) is 2. The van der Waals surface area contributed by atoms with Crippen LogP contribution in [0.2, 0.25) is 0 Å². The van der Waals surface area contributed by atoms with E-state index in [1.165, 1.54) is 16.0 Å². The Hall–Kier alpha value is -2.88. The highest BCUT2D eigenvalue weighted by Gasteiger charge is 2.45. The molecule has 7 nitrogen and oxygen atoms in total. The molecule has 154 valence electrons. The fraction of sp³-hybridized carbons (Fsp3) is 0.545. The second kappa shape index (κ2) is 8.64. The van der Waals surface area contributed by atoms with Crippen LogP contribution in [0.25, 0.3) is 0 Å². The van der Waals surface area contributed by atoms with Crippen molar-refractivity contribution in [1.82, 2.24) is 15.5 Å². The Labute approximate surface area is 171 Å². The number of fused-ring (bicyclic) bond motifs is 1. The van der Waals surface area contributed by atoms with Gasteiger partial charge in [-0.15, -0.1) is 0 Å². The SMILES string of the molecule is CC(C)C[C@@H]1C(=O)N[C@H](C2Cc3ccccc3C2)C(=O)N1CC(=O)NC(C)C#N. The van der Waals surface area contributed by atoms with Crippen LogP contribution in [0.15, 0.2) is 24.3 Å². The van der Waals surface area contributed by atoms with E-state index >= 15 is 0 Å². The summed E-state index contributed by atoms with van der Waals surface area (Å²) in [4.78, 5) is 40.0. The highest BCUT2D eigenvalue weighted by Crippen LogP contribution is 2.31. The predicted octanol–water partition coefficient (Wildman–Crippen LogP) is 1.17. The van der Waals surface area contributed by atoms with Gasteiger partial charge in [-0.2, -0.15) is 5.26 Å². The summed E-state index contributed by atoms with van der Waals surface area (Å²) in [6, 6.07) is 8.05. The van der Waals surface area contributed by atoms with Crippen LogP contribution in [0.4, 0.5) is 0 Å². The molecule has 0 radical (unpaired) electrons. The van der Waals surface area contributed by atoms with Crippen LogP contribution in [-0.2, 0) is 27.2 Å². The monoisotopic (exact) mass is 396 g/mol. The summed E-state index contributed by atoms with van der Waals surface area (Å²) in [5.74, 6) is -0.681. The first-order valence-electron chi connectivity index (χ1n) is 10.2. The number of rotatable bonds is 6. The second-order valence-electron chi connectivity index (χ2n) is 8.45. The molecular weight excluding hydrogens is 368 g/mol. The maximum atomic E-state index is 13.4. The molecule has 1 unspecified atom stereocenters. The number of hydrogen-bond acceptors (Lipinski definition) is 4. The average Bonchev–Trinajstić information content (AvgIpc) is 3.10. The van der Waals surface area contributed by atoms with E-state index in [0.29, 0.717) is 6.42 Å². The highest BCUT2D eigenvalue weighted by atomic mass is 16.2. The lowest BCUT2D eigenvalue weighted by Gasteiger charge is -2.41. The molecule has 1 aliphatic carbocycles. The van der Waals surface area contributed by atoms with Crippen molar-refractivity contribution in [2.45, 2.75) is 58.2 Å². The number of piperazine rings is 1. The van der Waals surface area contributed by atoms with Crippen molar-refractivity contribution >= 4 is 17.7 Å². The van der Waals surface area contributed by atoms with Gasteiger partial charge in [0.25, 0.3) is 0 Å². The van der Waals surface area contributed by atoms with Crippen molar-refractivity contribution in [2.75, 3.05) is 6.54 Å². The molecule has 1 fully saturated rings. The van der Waals surface area contributed by atoms with Crippen LogP contribution >= 0.6 is 0 Å². The minimum atomic E-state index is -0.675. The van der Waals surface area contributed by atoms with E-state index in [1.807, 2.05) is 32.0 Å². The zero-order chi connectivity index (χ0) is 21.1. The maximum absolute atomic E-state index is 13.4. The van der Waals surface area contributed by atoms with Crippen molar-refractivity contribution in [3.8, 4) is 6.07 Å². The van der Waals surface area contributed by atoms with E-state index in [9.17, 15) is 14.4 Å². The molecule has 3 amide bonds. The van der Waals surface area contributed by atoms with Crippen LogP contribution in [0.3, 0.4) is 0 Å². The minimum absolute atomic E-state index is 0.0209. The van der Waals surface area contributed by atoms with Crippen LogP contribution in [0.1, 0.15) is 38.3 Å². The van der Waals surface area contributed by atoms with Gasteiger partial charge in [-0.3, -0.25) is 14.4 Å². The number of nitriles is 1. The molecule has 29 heavy (non-hydrogen) atoms. The molecule has 2 N–H and O–H groups in total. The molecule has 0 bridgehead atoms. The molecule has 0 spiro atoms. The first-order valence-corrected chi connectivity index (χ1v) is 10.2. The van der Waals surface area contributed by atoms with Crippen molar-refractivity contribution in [1.29, 1.82) is 5.26 Å². The van der Waals surface area contributed by atoms with Crippen LogP contribution in [0.5, 0.6) is 0 Å². The summed E-state index contributed by atoms with van der Waals surface area (Å²) in [5.41, 5.74) is 2.41. The topological polar surface area (TPSA) is 102 Å². The molecule has 1 aromatic carbocycles. The predicted molar refractivity (Wildman–Crippen MR) is 107 cm³/mol. The van der Waals surface area contributed by atoms with Gasteiger partial charge >= 0.3 is 0 Å². The third-order valence-corrected chi connectivity index (χ3v) is 5.66.